The molecule has 0 N–H and O–H groups in total. The lowest BCUT2D eigenvalue weighted by Crippen LogP contribution is -2.34. The van der Waals surface area contributed by atoms with Gasteiger partial charge in [0.2, 0.25) is 0 Å². The molecule has 42 heavy (non-hydrogen) atoms. The van der Waals surface area contributed by atoms with Gasteiger partial charge in [-0.2, -0.15) is 13.9 Å². The molecule has 4 rings (SSSR count). The van der Waals surface area contributed by atoms with Crippen LogP contribution >= 0.6 is 0 Å². The summed E-state index contributed by atoms with van der Waals surface area (Å²) in [4.78, 5) is 12.6. The summed E-state index contributed by atoms with van der Waals surface area (Å²) < 4.78 is 62.5. The maximum atomic E-state index is 16.1. The number of hydrogen-bond acceptors (Lipinski definition) is 3. The van der Waals surface area contributed by atoms with Crippen LogP contribution in [-0.4, -0.2) is 22.7 Å². The van der Waals surface area contributed by atoms with Crippen molar-refractivity contribution in [3.63, 3.8) is 0 Å². The van der Waals surface area contributed by atoms with Gasteiger partial charge < -0.3 is 0 Å². The third-order valence-corrected chi connectivity index (χ3v) is 7.24. The van der Waals surface area contributed by atoms with Crippen LogP contribution in [0.1, 0.15) is 38.7 Å². The van der Waals surface area contributed by atoms with E-state index in [0.717, 1.165) is 22.7 Å². The smallest absolute Gasteiger partial charge is 0.299 e. The van der Waals surface area contributed by atoms with Crippen molar-refractivity contribution in [2.75, 3.05) is 0 Å². The Hall–Kier alpha value is -4.66. The van der Waals surface area contributed by atoms with Gasteiger partial charge in [0, 0.05) is 17.2 Å². The van der Waals surface area contributed by atoms with Crippen LogP contribution in [0.2, 0.25) is 0 Å². The minimum Gasteiger partial charge on any atom is -0.299 e. The minimum atomic E-state index is -3.95. The molecule has 0 radical (unpaired) electrons. The van der Waals surface area contributed by atoms with Gasteiger partial charge in [-0.3, -0.25) is 4.79 Å². The van der Waals surface area contributed by atoms with E-state index in [1.807, 2.05) is 19.9 Å². The fraction of sp³-hybridized carbons (Fsp3) is 0.229. The van der Waals surface area contributed by atoms with Crippen LogP contribution in [0.4, 0.5) is 17.6 Å². The van der Waals surface area contributed by atoms with E-state index < -0.39 is 35.1 Å². The first-order valence-corrected chi connectivity index (χ1v) is 13.4. The van der Waals surface area contributed by atoms with E-state index in [-0.39, 0.29) is 23.6 Å². The molecule has 7 heteroatoms. The zero-order chi connectivity index (χ0) is 30.6. The Morgan fingerprint density at radius 1 is 1.24 bits per heavy atom. The third-order valence-electron chi connectivity index (χ3n) is 7.24. The summed E-state index contributed by atoms with van der Waals surface area (Å²) in [5.74, 6) is -6.28. The quantitative estimate of drug-likeness (QED) is 0.193. The molecular weight excluding hydrogens is 540 g/mol. The normalized spacial score (nSPS) is 20.0. The monoisotopic (exact) mass is 570 g/mol. The summed E-state index contributed by atoms with van der Waals surface area (Å²) in [6.45, 7) is 14.6. The maximum Gasteiger partial charge on any atom is 0.324 e. The Bertz CT molecular complexity index is 1770. The number of Topliss-reactive ketones (excluding diaryl/α,β-unsaturated/α-hetero) is 1. The molecule has 0 amide bonds. The predicted octanol–water partition coefficient (Wildman–Crippen LogP) is 6.92. The van der Waals surface area contributed by atoms with Crippen LogP contribution in [-0.2, 0) is 10.7 Å². The summed E-state index contributed by atoms with van der Waals surface area (Å²) in [5.41, 5.74) is 8.04. The third kappa shape index (κ3) is 6.15. The lowest BCUT2D eigenvalue weighted by Gasteiger charge is -2.30. The molecule has 0 bridgehead atoms. The number of ketones is 1. The molecule has 1 aliphatic heterocycles. The van der Waals surface area contributed by atoms with Gasteiger partial charge in [-0.25, -0.2) is 13.8 Å². The number of hydrogen-bond donors (Lipinski definition) is 0. The van der Waals surface area contributed by atoms with Crippen LogP contribution in [0.25, 0.3) is 11.8 Å². The fourth-order valence-electron chi connectivity index (χ4n) is 4.71. The number of benzene rings is 1. The Kier molecular flexibility index (Phi) is 8.99. The SMILES string of the molecule is C=C=C1C=CC(C2=CC(F)C(C(=O)CCC(C)=CC)C=C2)=NN1C(=C=C)C(F)(F)c1cc2c(cc1F)=C=CCC(=C)C=2. The van der Waals surface area contributed by atoms with E-state index in [1.165, 1.54) is 24.3 Å². The molecule has 2 atom stereocenters. The first-order valence-electron chi connectivity index (χ1n) is 13.4. The summed E-state index contributed by atoms with van der Waals surface area (Å²) in [5, 5.41) is 5.78. The van der Waals surface area contributed by atoms with E-state index in [2.05, 4.69) is 42.0 Å². The van der Waals surface area contributed by atoms with Crippen molar-refractivity contribution in [1.82, 2.24) is 5.01 Å². The second-order valence-electron chi connectivity index (χ2n) is 10.1. The van der Waals surface area contributed by atoms with Gasteiger partial charge in [-0.1, -0.05) is 60.9 Å². The van der Waals surface area contributed by atoms with Crippen molar-refractivity contribution in [3.05, 3.63) is 136 Å². The van der Waals surface area contributed by atoms with Crippen molar-refractivity contribution < 1.29 is 22.4 Å². The number of fused-ring (bicyclic) bond motifs is 1. The highest BCUT2D eigenvalue weighted by molar-refractivity contribution is 6.11. The second-order valence-corrected chi connectivity index (χ2v) is 10.1. The zero-order valence-corrected chi connectivity index (χ0v) is 23.5. The standard InChI is InChI=1S/C35H30F4N2O/c1-6-22(4)12-17-33(42)28-15-13-25(21-30(28)36)32-16-14-27(7-2)41(40-32)34(8-3)35(38,39)29-19-26-18-23(5)10-9-11-24(26)20-31(29)37/h6,9,13-16,18-21,28,30H,2-3,5,10,12,17H2,1,4H3. The van der Waals surface area contributed by atoms with Crippen molar-refractivity contribution in [2.45, 2.75) is 45.2 Å². The molecule has 214 valence electrons. The lowest BCUT2D eigenvalue weighted by atomic mass is 9.87. The molecule has 3 aliphatic rings. The van der Waals surface area contributed by atoms with Crippen LogP contribution in [0.15, 0.2) is 119 Å². The highest BCUT2D eigenvalue weighted by atomic mass is 19.3. The number of allylic oxidation sites excluding steroid dienone is 11. The van der Waals surface area contributed by atoms with Crippen molar-refractivity contribution in [2.24, 2.45) is 11.0 Å². The Morgan fingerprint density at radius 3 is 2.67 bits per heavy atom. The van der Waals surface area contributed by atoms with Gasteiger partial charge in [0.15, 0.2) is 5.70 Å². The average Bonchev–Trinajstić information content (AvgIpc) is 3.15. The summed E-state index contributed by atoms with van der Waals surface area (Å²) in [6.07, 6.45) is 11.9. The second kappa shape index (κ2) is 12.5. The highest BCUT2D eigenvalue weighted by Crippen LogP contribution is 2.40. The largest absolute Gasteiger partial charge is 0.324 e. The van der Waals surface area contributed by atoms with Crippen molar-refractivity contribution in [3.8, 4) is 0 Å². The summed E-state index contributed by atoms with van der Waals surface area (Å²) in [6, 6.07) is 2.05. The number of rotatable bonds is 8. The maximum absolute atomic E-state index is 16.1. The molecule has 2 unspecified atom stereocenters. The fourth-order valence-corrected chi connectivity index (χ4v) is 4.71. The van der Waals surface area contributed by atoms with Gasteiger partial charge >= 0.3 is 5.92 Å². The van der Waals surface area contributed by atoms with Gasteiger partial charge in [0.25, 0.3) is 0 Å². The number of nitrogens with zero attached hydrogens (tertiary/aromatic N) is 2. The first kappa shape index (κ1) is 30.3. The van der Waals surface area contributed by atoms with E-state index in [1.54, 1.807) is 18.2 Å². The summed E-state index contributed by atoms with van der Waals surface area (Å²) >= 11 is 0. The average molecular weight is 571 g/mol. The number of alkyl halides is 3. The number of carbonyl (C=O) groups is 1. The van der Waals surface area contributed by atoms with E-state index in [4.69, 9.17) is 0 Å². The number of hydrazone groups is 1. The van der Waals surface area contributed by atoms with Crippen molar-refractivity contribution in [1.29, 1.82) is 0 Å². The van der Waals surface area contributed by atoms with E-state index in [0.29, 0.717) is 34.4 Å². The van der Waals surface area contributed by atoms with E-state index in [9.17, 15) is 4.79 Å². The van der Waals surface area contributed by atoms with E-state index >= 15 is 17.6 Å². The molecule has 0 spiro atoms. The molecule has 0 fully saturated rings. The lowest BCUT2D eigenvalue weighted by molar-refractivity contribution is -0.122. The molecule has 1 aromatic rings. The van der Waals surface area contributed by atoms with Gasteiger partial charge in [-0.15, -0.1) is 11.5 Å². The molecule has 1 heterocycles. The van der Waals surface area contributed by atoms with Crippen molar-refractivity contribution >= 4 is 23.3 Å². The molecule has 0 saturated carbocycles. The predicted molar refractivity (Wildman–Crippen MR) is 159 cm³/mol. The van der Waals surface area contributed by atoms with Gasteiger partial charge in [0.05, 0.1) is 17.2 Å². The molecule has 3 nitrogen and oxygen atoms in total. The van der Waals surface area contributed by atoms with Crippen LogP contribution in [0, 0.1) is 11.7 Å². The minimum absolute atomic E-state index is 0.0283. The Morgan fingerprint density at radius 2 is 2.00 bits per heavy atom. The van der Waals surface area contributed by atoms with Crippen LogP contribution in [0.5, 0.6) is 0 Å². The number of carbonyl (C=O) groups excluding carboxylic acids is 1. The zero-order valence-electron chi connectivity index (χ0n) is 23.5. The molecule has 0 saturated heterocycles. The highest BCUT2D eigenvalue weighted by Gasteiger charge is 2.44. The molecule has 2 aliphatic carbocycles. The first-order chi connectivity index (χ1) is 20.0. The number of halogens is 4. The topological polar surface area (TPSA) is 32.7 Å². The van der Waals surface area contributed by atoms with Gasteiger partial charge in [-0.05, 0) is 68.3 Å². The Labute approximate surface area is 242 Å². The molecular formula is C35H30F4N2O. The van der Waals surface area contributed by atoms with Crippen LogP contribution in [0.3, 0.4) is 0 Å². The summed E-state index contributed by atoms with van der Waals surface area (Å²) in [7, 11) is 0. The van der Waals surface area contributed by atoms with Crippen LogP contribution < -0.4 is 10.4 Å². The Balaban J connectivity index is 1.69. The van der Waals surface area contributed by atoms with Gasteiger partial charge in [0.1, 0.15) is 23.5 Å². The molecule has 1 aromatic carbocycles. The molecule has 0 aromatic heterocycles.